The topological polar surface area (TPSA) is 49.4 Å². The Morgan fingerprint density at radius 3 is 2.60 bits per heavy atom. The highest BCUT2D eigenvalue weighted by Gasteiger charge is 2.34. The number of hydrogen-bond donors (Lipinski definition) is 1. The highest BCUT2D eigenvalue weighted by Crippen LogP contribution is 2.34. The molecule has 4 heteroatoms. The van der Waals surface area contributed by atoms with Gasteiger partial charge in [0.1, 0.15) is 0 Å². The lowest BCUT2D eigenvalue weighted by atomic mass is 9.78. The van der Waals surface area contributed by atoms with Crippen molar-refractivity contribution >= 4 is 11.7 Å². The fourth-order valence-electron chi connectivity index (χ4n) is 4.49. The summed E-state index contributed by atoms with van der Waals surface area (Å²) in [6, 6.07) is 10.0. The maximum Gasteiger partial charge on any atom is 0.234 e. The number of Topliss-reactive ketones (excluding diaryl/α,β-unsaturated/α-hetero) is 1. The number of fused-ring (bicyclic) bond motifs is 1. The van der Waals surface area contributed by atoms with Crippen molar-refractivity contribution in [3.63, 3.8) is 0 Å². The lowest BCUT2D eigenvalue weighted by Crippen LogP contribution is -2.52. The maximum absolute atomic E-state index is 12.6. The summed E-state index contributed by atoms with van der Waals surface area (Å²) < 4.78 is 0. The van der Waals surface area contributed by atoms with Gasteiger partial charge >= 0.3 is 0 Å². The van der Waals surface area contributed by atoms with E-state index < -0.39 is 6.04 Å². The Morgan fingerprint density at radius 1 is 1.12 bits per heavy atom. The number of hydrogen-bond acceptors (Lipinski definition) is 3. The van der Waals surface area contributed by atoms with Gasteiger partial charge in [0.05, 0.1) is 12.6 Å². The predicted molar refractivity (Wildman–Crippen MR) is 99.3 cm³/mol. The van der Waals surface area contributed by atoms with Gasteiger partial charge in [-0.3, -0.25) is 14.5 Å². The number of likely N-dealkylation sites (tertiary alicyclic amines) is 1. The van der Waals surface area contributed by atoms with E-state index in [0.717, 1.165) is 18.0 Å². The number of rotatable bonds is 6. The Labute approximate surface area is 151 Å². The predicted octanol–water partition coefficient (Wildman–Crippen LogP) is 2.96. The van der Waals surface area contributed by atoms with Crippen molar-refractivity contribution in [2.24, 2.45) is 5.92 Å². The van der Waals surface area contributed by atoms with E-state index in [4.69, 9.17) is 0 Å². The summed E-state index contributed by atoms with van der Waals surface area (Å²) in [4.78, 5) is 26.9. The molecule has 25 heavy (non-hydrogen) atoms. The zero-order valence-electron chi connectivity index (χ0n) is 15.2. The summed E-state index contributed by atoms with van der Waals surface area (Å²) >= 11 is 0. The number of amides is 1. The molecule has 1 aromatic carbocycles. The van der Waals surface area contributed by atoms with Gasteiger partial charge in [0, 0.05) is 6.04 Å². The van der Waals surface area contributed by atoms with Crippen LogP contribution in [0.4, 0.5) is 0 Å². The van der Waals surface area contributed by atoms with E-state index in [1.54, 1.807) is 6.92 Å². The summed E-state index contributed by atoms with van der Waals surface area (Å²) in [5.74, 6) is 0.775. The molecule has 1 aliphatic carbocycles. The van der Waals surface area contributed by atoms with Crippen molar-refractivity contribution in [1.82, 2.24) is 10.2 Å². The average molecular weight is 342 g/mol. The molecule has 0 spiro atoms. The second-order valence-electron chi connectivity index (χ2n) is 7.65. The van der Waals surface area contributed by atoms with Crippen molar-refractivity contribution < 1.29 is 9.59 Å². The van der Waals surface area contributed by atoms with Gasteiger partial charge in [-0.05, 0) is 57.1 Å². The molecule has 1 heterocycles. The Morgan fingerprint density at radius 2 is 1.84 bits per heavy atom. The molecule has 1 saturated heterocycles. The quantitative estimate of drug-likeness (QED) is 0.865. The Balaban J connectivity index is 1.57. The first-order chi connectivity index (χ1) is 12.1. The van der Waals surface area contributed by atoms with Crippen LogP contribution in [0.25, 0.3) is 0 Å². The van der Waals surface area contributed by atoms with Crippen molar-refractivity contribution in [2.75, 3.05) is 13.1 Å². The van der Waals surface area contributed by atoms with Crippen molar-refractivity contribution in [3.05, 3.63) is 35.9 Å². The zero-order valence-corrected chi connectivity index (χ0v) is 15.2. The number of carbonyl (C=O) groups excluding carboxylic acids is 2. The van der Waals surface area contributed by atoms with Crippen LogP contribution < -0.4 is 5.32 Å². The first-order valence-corrected chi connectivity index (χ1v) is 9.71. The number of nitrogens with one attached hydrogen (secondary N) is 1. The van der Waals surface area contributed by atoms with Gasteiger partial charge in [0.15, 0.2) is 5.78 Å². The normalized spacial score (nSPS) is 25.0. The van der Waals surface area contributed by atoms with Gasteiger partial charge < -0.3 is 5.32 Å². The van der Waals surface area contributed by atoms with Crippen molar-refractivity contribution in [3.8, 4) is 0 Å². The highest BCUT2D eigenvalue weighted by atomic mass is 16.2. The van der Waals surface area contributed by atoms with E-state index in [1.165, 1.54) is 38.5 Å². The van der Waals surface area contributed by atoms with Gasteiger partial charge in [-0.2, -0.15) is 0 Å². The van der Waals surface area contributed by atoms with Crippen LogP contribution in [0.1, 0.15) is 51.0 Å². The molecule has 1 N–H and O–H groups in total. The highest BCUT2D eigenvalue weighted by molar-refractivity contribution is 5.88. The third kappa shape index (κ3) is 4.91. The van der Waals surface area contributed by atoms with Crippen LogP contribution in [-0.4, -0.2) is 41.8 Å². The number of benzene rings is 1. The van der Waals surface area contributed by atoms with E-state index in [2.05, 4.69) is 10.2 Å². The summed E-state index contributed by atoms with van der Waals surface area (Å²) in [6.07, 6.45) is 8.22. The van der Waals surface area contributed by atoms with Crippen LogP contribution in [0, 0.1) is 5.92 Å². The molecule has 1 amide bonds. The minimum Gasteiger partial charge on any atom is -0.345 e. The number of carbonyl (C=O) groups is 2. The maximum atomic E-state index is 12.6. The van der Waals surface area contributed by atoms with E-state index in [0.29, 0.717) is 19.0 Å². The molecule has 2 fully saturated rings. The Hall–Kier alpha value is -1.68. The second kappa shape index (κ2) is 8.61. The van der Waals surface area contributed by atoms with Crippen LogP contribution in [-0.2, 0) is 16.0 Å². The zero-order chi connectivity index (χ0) is 17.6. The molecule has 1 aromatic rings. The monoisotopic (exact) mass is 342 g/mol. The molecule has 0 unspecified atom stereocenters. The standard InChI is InChI=1S/C21H30N2O2/c1-16(24)19(14-17-8-3-2-4-9-17)22-21(25)15-23-13-7-11-18-10-5-6-12-20(18)23/h2-4,8-9,18-20H,5-7,10-15H2,1H3,(H,22,25)/t18-,19-,20+/m1/s1. The molecule has 136 valence electrons. The van der Waals surface area contributed by atoms with Crippen LogP contribution in [0.2, 0.25) is 0 Å². The molecule has 1 aliphatic heterocycles. The van der Waals surface area contributed by atoms with Gasteiger partial charge in [0.2, 0.25) is 5.91 Å². The largest absolute Gasteiger partial charge is 0.345 e. The number of nitrogens with zero attached hydrogens (tertiary/aromatic N) is 1. The lowest BCUT2D eigenvalue weighted by molar-refractivity contribution is -0.128. The van der Waals surface area contributed by atoms with Gasteiger partial charge in [-0.1, -0.05) is 43.2 Å². The van der Waals surface area contributed by atoms with Gasteiger partial charge in [-0.15, -0.1) is 0 Å². The summed E-state index contributed by atoms with van der Waals surface area (Å²) in [5, 5.41) is 2.98. The molecule has 0 radical (unpaired) electrons. The fourth-order valence-corrected chi connectivity index (χ4v) is 4.49. The van der Waals surface area contributed by atoms with Crippen LogP contribution in [0.15, 0.2) is 30.3 Å². The molecule has 0 bridgehead atoms. The minimum absolute atomic E-state index is 0.0117. The average Bonchev–Trinajstić information content (AvgIpc) is 2.62. The first-order valence-electron chi connectivity index (χ1n) is 9.71. The second-order valence-corrected chi connectivity index (χ2v) is 7.65. The van der Waals surface area contributed by atoms with E-state index in [-0.39, 0.29) is 11.7 Å². The Kier molecular flexibility index (Phi) is 6.24. The van der Waals surface area contributed by atoms with Crippen LogP contribution in [0.5, 0.6) is 0 Å². The smallest absolute Gasteiger partial charge is 0.234 e. The third-order valence-corrected chi connectivity index (χ3v) is 5.81. The molecular formula is C21H30N2O2. The van der Waals surface area contributed by atoms with Crippen molar-refractivity contribution in [1.29, 1.82) is 0 Å². The van der Waals surface area contributed by atoms with E-state index in [1.807, 2.05) is 30.3 Å². The molecule has 0 aromatic heterocycles. The van der Waals surface area contributed by atoms with E-state index in [9.17, 15) is 9.59 Å². The Bertz CT molecular complexity index is 585. The fraction of sp³-hybridized carbons (Fsp3) is 0.619. The first kappa shape index (κ1) is 18.1. The lowest BCUT2D eigenvalue weighted by Gasteiger charge is -2.43. The molecular weight excluding hydrogens is 312 g/mol. The summed E-state index contributed by atoms with van der Waals surface area (Å²) in [6.45, 7) is 3.00. The van der Waals surface area contributed by atoms with Gasteiger partial charge in [-0.25, -0.2) is 0 Å². The van der Waals surface area contributed by atoms with Crippen LogP contribution in [0.3, 0.4) is 0 Å². The minimum atomic E-state index is -0.429. The molecule has 3 rings (SSSR count). The third-order valence-electron chi connectivity index (χ3n) is 5.81. The van der Waals surface area contributed by atoms with E-state index >= 15 is 0 Å². The summed E-state index contributed by atoms with van der Waals surface area (Å²) in [7, 11) is 0. The molecule has 4 nitrogen and oxygen atoms in total. The van der Waals surface area contributed by atoms with Crippen LogP contribution >= 0.6 is 0 Å². The van der Waals surface area contributed by atoms with Gasteiger partial charge in [0.25, 0.3) is 0 Å². The molecule has 1 saturated carbocycles. The van der Waals surface area contributed by atoms with Crippen molar-refractivity contribution in [2.45, 2.75) is 64.0 Å². The SMILES string of the molecule is CC(=O)[C@@H](Cc1ccccc1)NC(=O)CN1CCC[C@H]2CCCC[C@@H]21. The number of piperidine rings is 1. The molecule has 3 atom stereocenters. The summed E-state index contributed by atoms with van der Waals surface area (Å²) in [5.41, 5.74) is 1.08. The number of ketones is 1. The molecule has 2 aliphatic rings.